The van der Waals surface area contributed by atoms with Gasteiger partial charge in [-0.05, 0) is 59.0 Å². The Kier molecular flexibility index (Phi) is 9.72. The molecule has 1 aliphatic carbocycles. The average Bonchev–Trinajstić information content (AvgIpc) is 3.72. The first-order valence-electron chi connectivity index (χ1n) is 21.1. The predicted molar refractivity (Wildman–Crippen MR) is 259 cm³/mol. The van der Waals surface area contributed by atoms with E-state index in [-0.39, 0.29) is 11.8 Å². The van der Waals surface area contributed by atoms with E-state index in [1.807, 2.05) is 59.9 Å². The summed E-state index contributed by atoms with van der Waals surface area (Å²) in [5, 5.41) is 2.57. The molecule has 2 atom stereocenters. The molecule has 0 N–H and O–H groups in total. The summed E-state index contributed by atoms with van der Waals surface area (Å²) in [6.45, 7) is 2.30. The number of rotatable bonds is 8. The predicted octanol–water partition coefficient (Wildman–Crippen LogP) is 15.0. The quantitative estimate of drug-likeness (QED) is 0.153. The lowest BCUT2D eigenvalue weighted by Gasteiger charge is -2.23. The molecule has 2 unspecified atom stereocenters. The first-order chi connectivity index (χ1) is 30.6. The van der Waals surface area contributed by atoms with Gasteiger partial charge in [-0.15, -0.1) is 11.3 Å². The van der Waals surface area contributed by atoms with Crippen molar-refractivity contribution in [1.82, 2.24) is 19.9 Å². The molecule has 294 valence electrons. The summed E-state index contributed by atoms with van der Waals surface area (Å²) in [7, 11) is 0. The Morgan fingerprint density at radius 3 is 1.32 bits per heavy atom. The van der Waals surface area contributed by atoms with Crippen LogP contribution in [0.4, 0.5) is 0 Å². The number of thiophene rings is 1. The molecule has 7 aromatic carbocycles. The monoisotopic (exact) mass is 812 g/mol. The van der Waals surface area contributed by atoms with Crippen molar-refractivity contribution in [2.45, 2.75) is 12.8 Å². The molecule has 0 saturated carbocycles. The SMILES string of the molecule is CC1C=C(c2nc(-c3ccccc3)cc(-c3ccccc3)n2)C=CC1c1ccc2sc3ccc(-c4ccc(-c5nc(-c6ccccc6)cc(-c6ccccc6)n5)cc4)cc3c2c1. The molecular formula is C57H40N4S. The van der Waals surface area contributed by atoms with Gasteiger partial charge in [0.25, 0.3) is 0 Å². The smallest absolute Gasteiger partial charge is 0.160 e. The molecule has 0 fully saturated rings. The topological polar surface area (TPSA) is 51.6 Å². The molecule has 3 aromatic heterocycles. The van der Waals surface area contributed by atoms with Gasteiger partial charge in [0.05, 0.1) is 22.8 Å². The minimum Gasteiger partial charge on any atom is -0.228 e. The molecule has 3 heterocycles. The number of hydrogen-bond donors (Lipinski definition) is 0. The second-order valence-corrected chi connectivity index (χ2v) is 17.0. The van der Waals surface area contributed by atoms with Crippen LogP contribution < -0.4 is 0 Å². The van der Waals surface area contributed by atoms with Gasteiger partial charge >= 0.3 is 0 Å². The zero-order valence-corrected chi connectivity index (χ0v) is 34.9. The van der Waals surface area contributed by atoms with E-state index in [9.17, 15) is 0 Å². The fraction of sp³-hybridized carbons (Fsp3) is 0.0526. The number of hydrogen-bond acceptors (Lipinski definition) is 5. The molecule has 62 heavy (non-hydrogen) atoms. The lowest BCUT2D eigenvalue weighted by molar-refractivity contribution is 0.638. The molecule has 0 aliphatic heterocycles. The highest BCUT2D eigenvalue weighted by atomic mass is 32.1. The minimum absolute atomic E-state index is 0.227. The Morgan fingerprint density at radius 1 is 0.387 bits per heavy atom. The highest BCUT2D eigenvalue weighted by molar-refractivity contribution is 7.25. The Bertz CT molecular complexity index is 3170. The number of benzene rings is 7. The molecule has 0 radical (unpaired) electrons. The van der Waals surface area contributed by atoms with Gasteiger partial charge in [0.15, 0.2) is 11.6 Å². The van der Waals surface area contributed by atoms with Crippen LogP contribution in [0.15, 0.2) is 212 Å². The van der Waals surface area contributed by atoms with E-state index in [4.69, 9.17) is 19.9 Å². The summed E-state index contributed by atoms with van der Waals surface area (Å²) in [6.07, 6.45) is 6.89. The molecule has 0 bridgehead atoms. The van der Waals surface area contributed by atoms with Crippen LogP contribution in [0, 0.1) is 5.92 Å². The summed E-state index contributed by atoms with van der Waals surface area (Å²) >= 11 is 1.85. The van der Waals surface area contributed by atoms with Crippen LogP contribution in [-0.4, -0.2) is 19.9 Å². The van der Waals surface area contributed by atoms with Crippen molar-refractivity contribution in [3.8, 4) is 67.5 Å². The average molecular weight is 813 g/mol. The molecular weight excluding hydrogens is 773 g/mol. The zero-order chi connectivity index (χ0) is 41.4. The van der Waals surface area contributed by atoms with Crippen molar-refractivity contribution in [1.29, 1.82) is 0 Å². The second kappa shape index (κ2) is 16.1. The van der Waals surface area contributed by atoms with Gasteiger partial charge in [0, 0.05) is 59.5 Å². The van der Waals surface area contributed by atoms with Gasteiger partial charge in [0.1, 0.15) is 0 Å². The standard InChI is InChI=1S/C57H40N4S/c1-37-32-46(57-60-52(41-18-10-4-11-19-41)36-53(61-57)42-20-12-5-13-21-42)26-29-47(37)45-28-31-55-49(34-45)48-33-44(27-30-54(48)62-55)38-22-24-43(25-23-38)56-58-50(39-14-6-2-7-15-39)35-51(59-56)40-16-8-3-9-17-40/h2-37,47H,1H3. The van der Waals surface area contributed by atoms with Crippen LogP contribution in [0.1, 0.15) is 24.2 Å². The zero-order valence-electron chi connectivity index (χ0n) is 34.1. The molecule has 11 rings (SSSR count). The third-order valence-corrected chi connectivity index (χ3v) is 13.0. The normalized spacial score (nSPS) is 14.9. The number of aromatic nitrogens is 4. The van der Waals surface area contributed by atoms with Crippen LogP contribution in [0.5, 0.6) is 0 Å². The fourth-order valence-corrected chi connectivity index (χ4v) is 9.63. The summed E-state index contributed by atoms with van der Waals surface area (Å²) in [5.74, 6) is 1.93. The Labute approximate surface area is 365 Å². The van der Waals surface area contributed by atoms with Crippen molar-refractivity contribution in [2.75, 3.05) is 0 Å². The third kappa shape index (κ3) is 7.33. The number of allylic oxidation sites excluding steroid dienone is 4. The van der Waals surface area contributed by atoms with Gasteiger partial charge in [-0.2, -0.15) is 0 Å². The van der Waals surface area contributed by atoms with Crippen LogP contribution in [-0.2, 0) is 0 Å². The fourth-order valence-electron chi connectivity index (χ4n) is 8.56. The van der Waals surface area contributed by atoms with E-state index in [0.717, 1.165) is 67.6 Å². The van der Waals surface area contributed by atoms with Gasteiger partial charge in [-0.3, -0.25) is 0 Å². The summed E-state index contributed by atoms with van der Waals surface area (Å²) in [6, 6.07) is 68.1. The lowest BCUT2D eigenvalue weighted by atomic mass is 9.81. The van der Waals surface area contributed by atoms with Crippen molar-refractivity contribution >= 4 is 37.1 Å². The molecule has 5 heteroatoms. The van der Waals surface area contributed by atoms with Crippen molar-refractivity contribution in [3.05, 3.63) is 224 Å². The van der Waals surface area contributed by atoms with Crippen LogP contribution in [0.25, 0.3) is 93.3 Å². The maximum absolute atomic E-state index is 5.10. The van der Waals surface area contributed by atoms with E-state index in [1.165, 1.54) is 31.3 Å². The van der Waals surface area contributed by atoms with Crippen molar-refractivity contribution in [3.63, 3.8) is 0 Å². The third-order valence-electron chi connectivity index (χ3n) is 11.8. The van der Waals surface area contributed by atoms with Crippen LogP contribution in [0.3, 0.4) is 0 Å². The van der Waals surface area contributed by atoms with E-state index in [1.54, 1.807) is 0 Å². The largest absolute Gasteiger partial charge is 0.228 e. The van der Waals surface area contributed by atoms with Crippen LogP contribution in [0.2, 0.25) is 0 Å². The Balaban J connectivity index is 0.891. The first kappa shape index (κ1) is 37.4. The molecule has 4 nitrogen and oxygen atoms in total. The van der Waals surface area contributed by atoms with E-state index >= 15 is 0 Å². The minimum atomic E-state index is 0.227. The van der Waals surface area contributed by atoms with Crippen LogP contribution >= 0.6 is 11.3 Å². The molecule has 1 aliphatic rings. The second-order valence-electron chi connectivity index (χ2n) is 15.9. The highest BCUT2D eigenvalue weighted by Gasteiger charge is 2.22. The highest BCUT2D eigenvalue weighted by Crippen LogP contribution is 2.41. The molecule has 0 spiro atoms. The summed E-state index contributed by atoms with van der Waals surface area (Å²) in [4.78, 5) is 20.3. The number of fused-ring (bicyclic) bond motifs is 3. The summed E-state index contributed by atoms with van der Waals surface area (Å²) in [5.41, 5.74) is 13.6. The van der Waals surface area contributed by atoms with Gasteiger partial charge in [-0.25, -0.2) is 19.9 Å². The molecule has 0 saturated heterocycles. The number of nitrogens with zero attached hydrogens (tertiary/aromatic N) is 4. The van der Waals surface area contributed by atoms with Gasteiger partial charge in [-0.1, -0.05) is 183 Å². The Morgan fingerprint density at radius 2 is 0.823 bits per heavy atom. The van der Waals surface area contributed by atoms with Crippen molar-refractivity contribution in [2.24, 2.45) is 5.92 Å². The first-order valence-corrected chi connectivity index (χ1v) is 21.9. The van der Waals surface area contributed by atoms with E-state index in [2.05, 4.69) is 171 Å². The maximum Gasteiger partial charge on any atom is 0.160 e. The summed E-state index contributed by atoms with van der Waals surface area (Å²) < 4.78 is 2.58. The Hall–Kier alpha value is -7.60. The molecule has 10 aromatic rings. The van der Waals surface area contributed by atoms with Gasteiger partial charge in [0.2, 0.25) is 0 Å². The van der Waals surface area contributed by atoms with E-state index in [0.29, 0.717) is 5.82 Å². The lowest BCUT2D eigenvalue weighted by Crippen LogP contribution is -2.10. The maximum atomic E-state index is 5.10. The van der Waals surface area contributed by atoms with Crippen molar-refractivity contribution < 1.29 is 0 Å². The van der Waals surface area contributed by atoms with E-state index < -0.39 is 0 Å². The molecule has 0 amide bonds. The van der Waals surface area contributed by atoms with Gasteiger partial charge < -0.3 is 0 Å².